The molecular formula is C22H25ClN6OS. The maximum Gasteiger partial charge on any atom is 0.252 e. The van der Waals surface area contributed by atoms with E-state index in [1.807, 2.05) is 12.1 Å². The molecule has 1 amide bonds. The molecule has 7 nitrogen and oxygen atoms in total. The number of benzene rings is 1. The van der Waals surface area contributed by atoms with Gasteiger partial charge in [-0.1, -0.05) is 25.4 Å². The number of rotatable bonds is 10. The van der Waals surface area contributed by atoms with Gasteiger partial charge >= 0.3 is 0 Å². The van der Waals surface area contributed by atoms with Gasteiger partial charge in [0.2, 0.25) is 0 Å². The number of nitrogens with one attached hydrogen (secondary N) is 3. The number of nitriles is 1. The van der Waals surface area contributed by atoms with Crippen molar-refractivity contribution in [2.45, 2.75) is 20.3 Å². The standard InChI is InChI=1S/C22H25ClN6OS/c1-3-29(4-2)11-5-10-25-22(30)17-8-6-15(12-18(17)23)26-21-13-19(27-28-21)20-9-7-16(14-24)31-20/h6-9,12-13H,3-5,10-11H2,1-2H3,(H,25,30)(H2,26,27,28). The highest BCUT2D eigenvalue weighted by atomic mass is 35.5. The van der Waals surface area contributed by atoms with Crippen LogP contribution in [0.4, 0.5) is 11.5 Å². The number of anilines is 2. The van der Waals surface area contributed by atoms with Gasteiger partial charge in [0.1, 0.15) is 10.9 Å². The summed E-state index contributed by atoms with van der Waals surface area (Å²) >= 11 is 7.75. The number of H-pyrrole nitrogens is 1. The Hall–Kier alpha value is -2.86. The van der Waals surface area contributed by atoms with Crippen LogP contribution in [0.25, 0.3) is 10.6 Å². The minimum absolute atomic E-state index is 0.177. The predicted octanol–water partition coefficient (Wildman–Crippen LogP) is 4.87. The molecule has 2 heterocycles. The summed E-state index contributed by atoms with van der Waals surface area (Å²) in [6, 6.07) is 12.9. The van der Waals surface area contributed by atoms with Gasteiger partial charge in [0, 0.05) is 18.3 Å². The Labute approximate surface area is 191 Å². The highest BCUT2D eigenvalue weighted by Crippen LogP contribution is 2.29. The van der Waals surface area contributed by atoms with Crippen LogP contribution in [0.1, 0.15) is 35.5 Å². The first-order valence-electron chi connectivity index (χ1n) is 10.2. The van der Waals surface area contributed by atoms with Gasteiger partial charge in [-0.25, -0.2) is 0 Å². The molecule has 0 atom stereocenters. The van der Waals surface area contributed by atoms with Crippen LogP contribution in [-0.2, 0) is 0 Å². The van der Waals surface area contributed by atoms with E-state index in [0.717, 1.165) is 42.3 Å². The zero-order valence-electron chi connectivity index (χ0n) is 17.5. The molecule has 0 aliphatic rings. The summed E-state index contributed by atoms with van der Waals surface area (Å²) in [7, 11) is 0. The number of amides is 1. The van der Waals surface area contributed by atoms with E-state index >= 15 is 0 Å². The van der Waals surface area contributed by atoms with E-state index in [9.17, 15) is 4.79 Å². The summed E-state index contributed by atoms with van der Waals surface area (Å²) in [5, 5.41) is 22.7. The smallest absolute Gasteiger partial charge is 0.252 e. The van der Waals surface area contributed by atoms with Crippen molar-refractivity contribution in [1.29, 1.82) is 5.26 Å². The van der Waals surface area contributed by atoms with Crippen molar-refractivity contribution in [3.63, 3.8) is 0 Å². The fourth-order valence-electron chi connectivity index (χ4n) is 3.12. The first-order valence-corrected chi connectivity index (χ1v) is 11.4. The Morgan fingerprint density at radius 2 is 2.06 bits per heavy atom. The van der Waals surface area contributed by atoms with E-state index in [-0.39, 0.29) is 5.91 Å². The normalized spacial score (nSPS) is 10.8. The summed E-state index contributed by atoms with van der Waals surface area (Å²) in [5.74, 6) is 0.440. The minimum Gasteiger partial charge on any atom is -0.352 e. The molecule has 3 rings (SSSR count). The van der Waals surface area contributed by atoms with Crippen LogP contribution in [0.5, 0.6) is 0 Å². The molecule has 0 radical (unpaired) electrons. The van der Waals surface area contributed by atoms with Crippen molar-refractivity contribution in [3.8, 4) is 16.6 Å². The lowest BCUT2D eigenvalue weighted by molar-refractivity contribution is 0.0952. The van der Waals surface area contributed by atoms with Crippen molar-refractivity contribution in [2.24, 2.45) is 0 Å². The van der Waals surface area contributed by atoms with Crippen molar-refractivity contribution < 1.29 is 4.79 Å². The van der Waals surface area contributed by atoms with Crippen LogP contribution in [0.15, 0.2) is 36.4 Å². The van der Waals surface area contributed by atoms with Crippen LogP contribution in [-0.4, -0.2) is 47.2 Å². The molecule has 0 unspecified atom stereocenters. The lowest BCUT2D eigenvalue weighted by Gasteiger charge is -2.17. The second kappa shape index (κ2) is 11.0. The maximum absolute atomic E-state index is 12.4. The maximum atomic E-state index is 12.4. The third-order valence-corrected chi connectivity index (χ3v) is 6.21. The van der Waals surface area contributed by atoms with E-state index in [1.54, 1.807) is 24.3 Å². The van der Waals surface area contributed by atoms with Gasteiger partial charge in [-0.3, -0.25) is 9.89 Å². The molecule has 3 N–H and O–H groups in total. The van der Waals surface area contributed by atoms with Gasteiger partial charge in [-0.2, -0.15) is 10.4 Å². The second-order valence-electron chi connectivity index (χ2n) is 6.90. The number of aromatic nitrogens is 2. The van der Waals surface area contributed by atoms with E-state index < -0.39 is 0 Å². The number of halogens is 1. The Morgan fingerprint density at radius 3 is 2.74 bits per heavy atom. The van der Waals surface area contributed by atoms with Gasteiger partial charge in [-0.15, -0.1) is 11.3 Å². The van der Waals surface area contributed by atoms with E-state index in [0.29, 0.717) is 27.8 Å². The number of aromatic amines is 1. The van der Waals surface area contributed by atoms with E-state index in [1.165, 1.54) is 11.3 Å². The topological polar surface area (TPSA) is 96.8 Å². The molecule has 0 aliphatic carbocycles. The Kier molecular flexibility index (Phi) is 8.06. The molecule has 0 aliphatic heterocycles. The van der Waals surface area contributed by atoms with Crippen molar-refractivity contribution in [3.05, 3.63) is 51.9 Å². The third kappa shape index (κ3) is 6.07. The van der Waals surface area contributed by atoms with Crippen LogP contribution >= 0.6 is 22.9 Å². The van der Waals surface area contributed by atoms with Crippen molar-refractivity contribution in [1.82, 2.24) is 20.4 Å². The van der Waals surface area contributed by atoms with Gasteiger partial charge in [0.15, 0.2) is 5.82 Å². The summed E-state index contributed by atoms with van der Waals surface area (Å²) < 4.78 is 0. The number of carbonyl (C=O) groups excluding carboxylic acids is 1. The molecule has 2 aromatic heterocycles. The van der Waals surface area contributed by atoms with Gasteiger partial charge in [0.25, 0.3) is 5.91 Å². The molecule has 0 saturated heterocycles. The van der Waals surface area contributed by atoms with Crippen LogP contribution < -0.4 is 10.6 Å². The minimum atomic E-state index is -0.177. The highest BCUT2D eigenvalue weighted by molar-refractivity contribution is 7.15. The van der Waals surface area contributed by atoms with E-state index in [4.69, 9.17) is 16.9 Å². The Bertz CT molecular complexity index is 1070. The number of nitrogens with zero attached hydrogens (tertiary/aromatic N) is 3. The summed E-state index contributed by atoms with van der Waals surface area (Å²) in [5.41, 5.74) is 1.99. The van der Waals surface area contributed by atoms with Crippen molar-refractivity contribution in [2.75, 3.05) is 31.5 Å². The van der Waals surface area contributed by atoms with Crippen LogP contribution in [0.2, 0.25) is 5.02 Å². The number of carbonyl (C=O) groups is 1. The molecule has 0 saturated carbocycles. The average molecular weight is 457 g/mol. The van der Waals surface area contributed by atoms with Gasteiger partial charge < -0.3 is 15.5 Å². The number of hydrogen-bond donors (Lipinski definition) is 3. The summed E-state index contributed by atoms with van der Waals surface area (Å²) in [4.78, 5) is 16.3. The quantitative estimate of drug-likeness (QED) is 0.378. The first-order chi connectivity index (χ1) is 15.0. The van der Waals surface area contributed by atoms with Crippen LogP contribution in [0, 0.1) is 11.3 Å². The highest BCUT2D eigenvalue weighted by Gasteiger charge is 2.12. The Balaban J connectivity index is 1.57. The fraction of sp³-hybridized carbons (Fsp3) is 0.318. The predicted molar refractivity (Wildman–Crippen MR) is 126 cm³/mol. The van der Waals surface area contributed by atoms with Crippen molar-refractivity contribution >= 4 is 40.4 Å². The summed E-state index contributed by atoms with van der Waals surface area (Å²) in [6.45, 7) is 7.85. The molecule has 0 fully saturated rings. The zero-order chi connectivity index (χ0) is 22.2. The molecule has 31 heavy (non-hydrogen) atoms. The lowest BCUT2D eigenvalue weighted by Crippen LogP contribution is -2.30. The lowest BCUT2D eigenvalue weighted by atomic mass is 10.2. The molecule has 9 heteroatoms. The van der Waals surface area contributed by atoms with Crippen LogP contribution in [0.3, 0.4) is 0 Å². The van der Waals surface area contributed by atoms with Gasteiger partial charge in [0.05, 0.1) is 21.2 Å². The molecule has 0 spiro atoms. The first kappa shape index (κ1) is 22.8. The molecular weight excluding hydrogens is 432 g/mol. The fourth-order valence-corrected chi connectivity index (χ4v) is 4.15. The number of thiophene rings is 1. The molecule has 0 bridgehead atoms. The molecule has 162 valence electrons. The monoisotopic (exact) mass is 456 g/mol. The SMILES string of the molecule is CCN(CC)CCCNC(=O)c1ccc(Nc2cc(-c3ccc(C#N)s3)[nH]n2)cc1Cl. The zero-order valence-corrected chi connectivity index (χ0v) is 19.1. The Morgan fingerprint density at radius 1 is 1.26 bits per heavy atom. The number of hydrogen-bond acceptors (Lipinski definition) is 6. The third-order valence-electron chi connectivity index (χ3n) is 4.88. The second-order valence-corrected chi connectivity index (χ2v) is 8.39. The van der Waals surface area contributed by atoms with Gasteiger partial charge in [-0.05, 0) is 56.4 Å². The average Bonchev–Trinajstić information content (AvgIpc) is 3.43. The van der Waals surface area contributed by atoms with E-state index in [2.05, 4.69) is 45.6 Å². The largest absolute Gasteiger partial charge is 0.352 e. The molecule has 1 aromatic carbocycles. The summed E-state index contributed by atoms with van der Waals surface area (Å²) in [6.07, 6.45) is 0.895. The molecule has 3 aromatic rings.